The van der Waals surface area contributed by atoms with Crippen molar-refractivity contribution in [3.05, 3.63) is 80.9 Å². The number of nitrogens with zero attached hydrogens (tertiary/aromatic N) is 5. The zero-order chi connectivity index (χ0) is 24.0. The number of aromatic nitrogens is 5. The first-order chi connectivity index (χ1) is 16.3. The number of rotatable bonds is 5. The summed E-state index contributed by atoms with van der Waals surface area (Å²) in [5, 5.41) is 8.00. The molecule has 172 valence electrons. The van der Waals surface area contributed by atoms with E-state index in [1.807, 2.05) is 38.1 Å². The van der Waals surface area contributed by atoms with E-state index in [-0.39, 0.29) is 24.6 Å². The molecule has 0 saturated heterocycles. The Hall–Kier alpha value is -3.98. The number of hydrogen-bond donors (Lipinski definition) is 1. The van der Waals surface area contributed by atoms with Gasteiger partial charge in [-0.2, -0.15) is 4.98 Å². The molecule has 0 fully saturated rings. The zero-order valence-corrected chi connectivity index (χ0v) is 19.6. The highest BCUT2D eigenvalue weighted by atomic mass is 35.5. The standard InChI is InChI=1S/C24H21ClN6O3/c1-13-4-7-19-17(8-13)22-23(24(33)30(12-26-22)11-21-27-15(3)29-34-21)31(19)10-20(32)28-16-6-5-14(2)18(25)9-16/h4-9,12H,10-11H2,1-3H3,(H,28,32). The van der Waals surface area contributed by atoms with Gasteiger partial charge >= 0.3 is 0 Å². The number of anilines is 1. The van der Waals surface area contributed by atoms with Gasteiger partial charge in [0.05, 0.1) is 11.8 Å². The molecule has 0 bridgehead atoms. The van der Waals surface area contributed by atoms with Gasteiger partial charge in [-0.3, -0.25) is 14.2 Å². The maximum absolute atomic E-state index is 13.5. The van der Waals surface area contributed by atoms with Crippen molar-refractivity contribution in [1.82, 2.24) is 24.3 Å². The Morgan fingerprint density at radius 2 is 1.97 bits per heavy atom. The van der Waals surface area contributed by atoms with Crippen molar-refractivity contribution in [1.29, 1.82) is 0 Å². The molecule has 9 nitrogen and oxygen atoms in total. The molecule has 0 atom stereocenters. The Kier molecular flexibility index (Phi) is 5.41. The third kappa shape index (κ3) is 3.94. The Balaban J connectivity index is 1.59. The Bertz CT molecular complexity index is 1630. The summed E-state index contributed by atoms with van der Waals surface area (Å²) in [6, 6.07) is 11.1. The van der Waals surface area contributed by atoms with E-state index in [1.165, 1.54) is 10.9 Å². The molecule has 2 aromatic carbocycles. The van der Waals surface area contributed by atoms with E-state index in [2.05, 4.69) is 20.4 Å². The van der Waals surface area contributed by atoms with Crippen LogP contribution in [-0.4, -0.2) is 30.2 Å². The SMILES string of the molecule is Cc1ccc2c(c1)c1ncn(Cc3nc(C)no3)c(=O)c1n2CC(=O)Nc1ccc(C)c(Cl)c1. The normalized spacial score (nSPS) is 11.4. The molecular formula is C24H21ClN6O3. The van der Waals surface area contributed by atoms with Crippen molar-refractivity contribution in [2.75, 3.05) is 5.32 Å². The third-order valence-corrected chi connectivity index (χ3v) is 6.02. The minimum atomic E-state index is -0.305. The predicted octanol–water partition coefficient (Wildman–Crippen LogP) is 4.00. The van der Waals surface area contributed by atoms with E-state index >= 15 is 0 Å². The van der Waals surface area contributed by atoms with Gasteiger partial charge in [0.1, 0.15) is 24.1 Å². The Morgan fingerprint density at radius 3 is 2.71 bits per heavy atom. The van der Waals surface area contributed by atoms with Gasteiger partial charge in [-0.1, -0.05) is 34.5 Å². The second-order valence-corrected chi connectivity index (χ2v) is 8.64. The number of hydrogen-bond acceptors (Lipinski definition) is 6. The van der Waals surface area contributed by atoms with Crippen LogP contribution in [0.2, 0.25) is 5.02 Å². The van der Waals surface area contributed by atoms with Crippen molar-refractivity contribution >= 4 is 45.1 Å². The first-order valence-electron chi connectivity index (χ1n) is 10.6. The van der Waals surface area contributed by atoms with E-state index in [0.717, 1.165) is 22.0 Å². The van der Waals surface area contributed by atoms with Gasteiger partial charge in [0, 0.05) is 16.1 Å². The van der Waals surface area contributed by atoms with Crippen LogP contribution in [0.5, 0.6) is 0 Å². The fourth-order valence-corrected chi connectivity index (χ4v) is 4.14. The molecule has 3 aromatic heterocycles. The largest absolute Gasteiger partial charge is 0.337 e. The summed E-state index contributed by atoms with van der Waals surface area (Å²) in [6.07, 6.45) is 1.46. The average Bonchev–Trinajstić information content (AvgIpc) is 3.33. The molecular weight excluding hydrogens is 456 g/mol. The lowest BCUT2D eigenvalue weighted by Gasteiger charge is -2.10. The number of benzene rings is 2. The second kappa shape index (κ2) is 8.42. The molecule has 0 spiro atoms. The second-order valence-electron chi connectivity index (χ2n) is 8.23. The molecule has 0 aliphatic carbocycles. The number of halogens is 1. The molecule has 10 heteroatoms. The lowest BCUT2D eigenvalue weighted by Crippen LogP contribution is -2.25. The summed E-state index contributed by atoms with van der Waals surface area (Å²) in [7, 11) is 0. The van der Waals surface area contributed by atoms with Gasteiger partial charge in [-0.15, -0.1) is 0 Å². The van der Waals surface area contributed by atoms with Crippen molar-refractivity contribution in [3.63, 3.8) is 0 Å². The fourth-order valence-electron chi connectivity index (χ4n) is 3.96. The number of fused-ring (bicyclic) bond motifs is 3. The fraction of sp³-hybridized carbons (Fsp3) is 0.208. The molecule has 1 N–H and O–H groups in total. The topological polar surface area (TPSA) is 108 Å². The molecule has 5 aromatic rings. The summed E-state index contributed by atoms with van der Waals surface area (Å²) in [5.41, 5.74) is 3.83. The van der Waals surface area contributed by atoms with Gasteiger partial charge in [0.15, 0.2) is 5.82 Å². The van der Waals surface area contributed by atoms with E-state index in [1.54, 1.807) is 23.6 Å². The maximum atomic E-state index is 13.5. The van der Waals surface area contributed by atoms with E-state index in [9.17, 15) is 9.59 Å². The number of aryl methyl sites for hydroxylation is 3. The molecule has 5 rings (SSSR count). The van der Waals surface area contributed by atoms with Crippen molar-refractivity contribution in [2.24, 2.45) is 0 Å². The maximum Gasteiger partial charge on any atom is 0.278 e. The highest BCUT2D eigenvalue weighted by Gasteiger charge is 2.19. The first-order valence-corrected chi connectivity index (χ1v) is 11.0. The van der Waals surface area contributed by atoms with Crippen LogP contribution in [0.15, 0.2) is 52.0 Å². The van der Waals surface area contributed by atoms with Gasteiger partial charge in [0.2, 0.25) is 11.8 Å². The van der Waals surface area contributed by atoms with Crippen LogP contribution in [0.1, 0.15) is 22.8 Å². The molecule has 0 aliphatic heterocycles. The van der Waals surface area contributed by atoms with Gasteiger partial charge in [0.25, 0.3) is 5.56 Å². The molecule has 3 heterocycles. The number of nitrogens with one attached hydrogen (secondary N) is 1. The van der Waals surface area contributed by atoms with E-state index in [0.29, 0.717) is 33.5 Å². The summed E-state index contributed by atoms with van der Waals surface area (Å²) in [5.74, 6) is 0.490. The minimum Gasteiger partial charge on any atom is -0.337 e. The smallest absolute Gasteiger partial charge is 0.278 e. The highest BCUT2D eigenvalue weighted by molar-refractivity contribution is 6.31. The average molecular weight is 477 g/mol. The zero-order valence-electron chi connectivity index (χ0n) is 18.8. The predicted molar refractivity (Wildman–Crippen MR) is 129 cm³/mol. The quantitative estimate of drug-likeness (QED) is 0.410. The highest BCUT2D eigenvalue weighted by Crippen LogP contribution is 2.27. The molecule has 0 saturated carbocycles. The van der Waals surface area contributed by atoms with Gasteiger partial charge in [-0.05, 0) is 50.6 Å². The van der Waals surface area contributed by atoms with Crippen molar-refractivity contribution in [3.8, 4) is 0 Å². The summed E-state index contributed by atoms with van der Waals surface area (Å²) >= 11 is 6.19. The number of carbonyl (C=O) groups excluding carboxylic acids is 1. The monoisotopic (exact) mass is 476 g/mol. The molecule has 0 radical (unpaired) electrons. The van der Waals surface area contributed by atoms with Gasteiger partial charge < -0.3 is 14.4 Å². The molecule has 34 heavy (non-hydrogen) atoms. The van der Waals surface area contributed by atoms with Crippen LogP contribution in [-0.2, 0) is 17.9 Å². The Morgan fingerprint density at radius 1 is 1.15 bits per heavy atom. The third-order valence-electron chi connectivity index (χ3n) is 5.61. The first kappa shape index (κ1) is 21.8. The minimum absolute atomic E-state index is 0.0743. The van der Waals surface area contributed by atoms with E-state index in [4.69, 9.17) is 16.1 Å². The molecule has 0 unspecified atom stereocenters. The van der Waals surface area contributed by atoms with Crippen LogP contribution in [0.4, 0.5) is 5.69 Å². The van der Waals surface area contributed by atoms with Crippen LogP contribution in [0, 0.1) is 20.8 Å². The van der Waals surface area contributed by atoms with Gasteiger partial charge in [-0.25, -0.2) is 4.98 Å². The van der Waals surface area contributed by atoms with Crippen molar-refractivity contribution < 1.29 is 9.32 Å². The molecule has 1 amide bonds. The van der Waals surface area contributed by atoms with Crippen LogP contribution < -0.4 is 10.9 Å². The van der Waals surface area contributed by atoms with Crippen LogP contribution in [0.3, 0.4) is 0 Å². The summed E-state index contributed by atoms with van der Waals surface area (Å²) < 4.78 is 8.25. The lowest BCUT2D eigenvalue weighted by atomic mass is 10.1. The summed E-state index contributed by atoms with van der Waals surface area (Å²) in [4.78, 5) is 35.2. The number of carbonyl (C=O) groups is 1. The van der Waals surface area contributed by atoms with Crippen molar-refractivity contribution in [2.45, 2.75) is 33.9 Å². The lowest BCUT2D eigenvalue weighted by molar-refractivity contribution is -0.116. The Labute approximate surface area is 199 Å². The van der Waals surface area contributed by atoms with Crippen LogP contribution in [0.25, 0.3) is 21.9 Å². The summed E-state index contributed by atoms with van der Waals surface area (Å²) in [6.45, 7) is 5.57. The molecule has 0 aliphatic rings. The van der Waals surface area contributed by atoms with E-state index < -0.39 is 0 Å². The number of amides is 1. The van der Waals surface area contributed by atoms with Crippen LogP contribution >= 0.6 is 11.6 Å².